The first-order valence-corrected chi connectivity index (χ1v) is 8.98. The summed E-state index contributed by atoms with van der Waals surface area (Å²) in [5.41, 5.74) is 1.27. The number of likely N-dealkylation sites (tertiary alicyclic amines) is 1. The van der Waals surface area contributed by atoms with Crippen LogP contribution in [0.3, 0.4) is 0 Å². The minimum absolute atomic E-state index is 0.138. The Morgan fingerprint density at radius 1 is 1.22 bits per heavy atom. The van der Waals surface area contributed by atoms with Crippen LogP contribution >= 0.6 is 0 Å². The fourth-order valence-electron chi connectivity index (χ4n) is 3.87. The first-order valence-electron chi connectivity index (χ1n) is 8.98. The van der Waals surface area contributed by atoms with Crippen molar-refractivity contribution in [1.29, 1.82) is 0 Å². The summed E-state index contributed by atoms with van der Waals surface area (Å²) in [6.45, 7) is 3.80. The first-order chi connectivity index (χ1) is 11.2. The Morgan fingerprint density at radius 3 is 2.48 bits per heavy atom. The number of nitrogens with zero attached hydrogens (tertiary/aromatic N) is 3. The van der Waals surface area contributed by atoms with Crippen molar-refractivity contribution in [3.63, 3.8) is 0 Å². The summed E-state index contributed by atoms with van der Waals surface area (Å²) >= 11 is 0. The molecule has 1 aromatic rings. The number of carbonyl (C=O) groups is 2. The van der Waals surface area contributed by atoms with Gasteiger partial charge in [0.25, 0.3) is 0 Å². The Kier molecular flexibility index (Phi) is 5.13. The van der Waals surface area contributed by atoms with E-state index in [9.17, 15) is 9.59 Å². The van der Waals surface area contributed by atoms with E-state index in [1.54, 1.807) is 0 Å². The maximum absolute atomic E-state index is 12.7. The van der Waals surface area contributed by atoms with E-state index in [1.807, 2.05) is 11.1 Å². The highest BCUT2D eigenvalue weighted by molar-refractivity contribution is 5.79. The van der Waals surface area contributed by atoms with Gasteiger partial charge in [0, 0.05) is 31.1 Å². The Labute approximate surface area is 138 Å². The minimum Gasteiger partial charge on any atom is -0.342 e. The summed E-state index contributed by atoms with van der Waals surface area (Å²) in [5.74, 6) is 0.624. The molecule has 5 nitrogen and oxygen atoms in total. The van der Waals surface area contributed by atoms with Gasteiger partial charge in [0.15, 0.2) is 0 Å². The summed E-state index contributed by atoms with van der Waals surface area (Å²) in [6.07, 6.45) is 11.6. The number of piperidine rings is 1. The molecule has 2 heterocycles. The van der Waals surface area contributed by atoms with Crippen LogP contribution in [0.1, 0.15) is 57.1 Å². The van der Waals surface area contributed by atoms with E-state index in [4.69, 9.17) is 0 Å². The molecule has 2 fully saturated rings. The van der Waals surface area contributed by atoms with Crippen LogP contribution in [0.25, 0.3) is 0 Å². The fraction of sp³-hybridized carbons (Fsp3) is 0.722. The molecule has 1 amide bonds. The number of carbonyl (C=O) groups excluding carboxylic acids is 2. The van der Waals surface area contributed by atoms with Gasteiger partial charge in [-0.2, -0.15) is 5.10 Å². The van der Waals surface area contributed by atoms with E-state index >= 15 is 0 Å². The molecule has 0 atom stereocenters. The standard InChI is InChI=1S/C18H27N3O2/c1-2-14-11-19-21(12-14)17-7-9-20(10-8-17)18(23)16-5-3-15(13-22)4-6-16/h11-13,15-17H,2-10H2,1H3. The molecule has 5 heteroatoms. The maximum atomic E-state index is 12.7. The molecule has 0 radical (unpaired) electrons. The molecular weight excluding hydrogens is 290 g/mol. The summed E-state index contributed by atoms with van der Waals surface area (Å²) in [4.78, 5) is 25.5. The Bertz CT molecular complexity index is 538. The third-order valence-electron chi connectivity index (χ3n) is 5.53. The largest absolute Gasteiger partial charge is 0.342 e. The second-order valence-electron chi connectivity index (χ2n) is 6.99. The van der Waals surface area contributed by atoms with E-state index in [2.05, 4.69) is 22.9 Å². The highest BCUT2D eigenvalue weighted by atomic mass is 16.2. The lowest BCUT2D eigenvalue weighted by atomic mass is 9.82. The van der Waals surface area contributed by atoms with Crippen LogP contribution in [-0.4, -0.2) is 40.0 Å². The molecule has 126 valence electrons. The van der Waals surface area contributed by atoms with Crippen molar-refractivity contribution >= 4 is 12.2 Å². The lowest BCUT2D eigenvalue weighted by molar-refractivity contribution is -0.138. The topological polar surface area (TPSA) is 55.2 Å². The van der Waals surface area contributed by atoms with Crippen LogP contribution < -0.4 is 0 Å². The van der Waals surface area contributed by atoms with Crippen molar-refractivity contribution in [1.82, 2.24) is 14.7 Å². The minimum atomic E-state index is 0.138. The SMILES string of the molecule is CCc1cnn(C2CCN(C(=O)C3CCC(C=O)CC3)CC2)c1. The predicted molar refractivity (Wildman–Crippen MR) is 88.0 cm³/mol. The van der Waals surface area contributed by atoms with Gasteiger partial charge in [-0.15, -0.1) is 0 Å². The number of hydrogen-bond acceptors (Lipinski definition) is 3. The predicted octanol–water partition coefficient (Wildman–Crippen LogP) is 2.61. The number of aldehydes is 1. The fourth-order valence-corrected chi connectivity index (χ4v) is 3.87. The lowest BCUT2D eigenvalue weighted by Crippen LogP contribution is -2.43. The van der Waals surface area contributed by atoms with Gasteiger partial charge >= 0.3 is 0 Å². The number of hydrogen-bond donors (Lipinski definition) is 0. The van der Waals surface area contributed by atoms with Crippen molar-refractivity contribution in [2.24, 2.45) is 11.8 Å². The second-order valence-corrected chi connectivity index (χ2v) is 6.99. The monoisotopic (exact) mass is 317 g/mol. The van der Waals surface area contributed by atoms with Crippen molar-refractivity contribution in [2.75, 3.05) is 13.1 Å². The summed E-state index contributed by atoms with van der Waals surface area (Å²) in [5, 5.41) is 4.47. The smallest absolute Gasteiger partial charge is 0.225 e. The molecule has 1 saturated heterocycles. The van der Waals surface area contributed by atoms with Gasteiger partial charge in [0.05, 0.1) is 12.2 Å². The number of rotatable bonds is 4. The maximum Gasteiger partial charge on any atom is 0.225 e. The zero-order chi connectivity index (χ0) is 16.2. The number of amides is 1. The van der Waals surface area contributed by atoms with Crippen molar-refractivity contribution < 1.29 is 9.59 Å². The van der Waals surface area contributed by atoms with Crippen LogP contribution in [0.2, 0.25) is 0 Å². The molecule has 23 heavy (non-hydrogen) atoms. The number of aryl methyl sites for hydroxylation is 1. The molecule has 1 saturated carbocycles. The highest BCUT2D eigenvalue weighted by Gasteiger charge is 2.31. The molecule has 3 rings (SSSR count). The van der Waals surface area contributed by atoms with Gasteiger partial charge in [-0.25, -0.2) is 0 Å². The Balaban J connectivity index is 1.50. The van der Waals surface area contributed by atoms with E-state index < -0.39 is 0 Å². The second kappa shape index (κ2) is 7.28. The molecular formula is C18H27N3O2. The normalized spacial score (nSPS) is 26.2. The van der Waals surface area contributed by atoms with Crippen molar-refractivity contribution in [3.8, 4) is 0 Å². The average molecular weight is 317 g/mol. The van der Waals surface area contributed by atoms with Crippen LogP contribution in [0, 0.1) is 11.8 Å². The van der Waals surface area contributed by atoms with E-state index in [0.29, 0.717) is 11.9 Å². The molecule has 0 spiro atoms. The molecule has 1 aliphatic heterocycles. The average Bonchev–Trinajstić information content (AvgIpc) is 3.10. The van der Waals surface area contributed by atoms with Gasteiger partial charge in [-0.1, -0.05) is 6.92 Å². The molecule has 1 aliphatic carbocycles. The molecule has 0 unspecified atom stereocenters. The van der Waals surface area contributed by atoms with Crippen LogP contribution in [-0.2, 0) is 16.0 Å². The van der Waals surface area contributed by atoms with Crippen molar-refractivity contribution in [2.45, 2.75) is 57.9 Å². The Morgan fingerprint density at radius 2 is 1.91 bits per heavy atom. The van der Waals surface area contributed by atoms with Crippen molar-refractivity contribution in [3.05, 3.63) is 18.0 Å². The summed E-state index contributed by atoms with van der Waals surface area (Å²) < 4.78 is 2.08. The summed E-state index contributed by atoms with van der Waals surface area (Å²) in [6, 6.07) is 0.421. The van der Waals surface area contributed by atoms with E-state index in [1.165, 1.54) is 5.56 Å². The summed E-state index contributed by atoms with van der Waals surface area (Å²) in [7, 11) is 0. The first kappa shape index (κ1) is 16.2. The molecule has 2 aliphatic rings. The molecule has 0 aromatic carbocycles. The van der Waals surface area contributed by atoms with Crippen LogP contribution in [0.15, 0.2) is 12.4 Å². The quantitative estimate of drug-likeness (QED) is 0.802. The highest BCUT2D eigenvalue weighted by Crippen LogP contribution is 2.31. The van der Waals surface area contributed by atoms with Crippen LogP contribution in [0.5, 0.6) is 0 Å². The van der Waals surface area contributed by atoms with Gasteiger partial charge in [0.1, 0.15) is 6.29 Å². The van der Waals surface area contributed by atoms with Crippen LogP contribution in [0.4, 0.5) is 0 Å². The van der Waals surface area contributed by atoms with Gasteiger partial charge in [-0.3, -0.25) is 9.48 Å². The zero-order valence-corrected chi connectivity index (χ0v) is 14.0. The molecule has 0 bridgehead atoms. The Hall–Kier alpha value is -1.65. The molecule has 0 N–H and O–H groups in total. The van der Waals surface area contributed by atoms with E-state index in [0.717, 1.165) is 64.3 Å². The molecule has 1 aromatic heterocycles. The lowest BCUT2D eigenvalue weighted by Gasteiger charge is -2.35. The number of aromatic nitrogens is 2. The zero-order valence-electron chi connectivity index (χ0n) is 14.0. The van der Waals surface area contributed by atoms with Gasteiger partial charge in [0.2, 0.25) is 5.91 Å². The van der Waals surface area contributed by atoms with Gasteiger partial charge < -0.3 is 9.69 Å². The van der Waals surface area contributed by atoms with E-state index in [-0.39, 0.29) is 11.8 Å². The third kappa shape index (κ3) is 3.65. The third-order valence-corrected chi connectivity index (χ3v) is 5.53. The van der Waals surface area contributed by atoms with Gasteiger partial charge in [-0.05, 0) is 50.5 Å².